The molecule has 7 nitrogen and oxygen atoms in total. The third kappa shape index (κ3) is 3.82. The Bertz CT molecular complexity index is 1110. The summed E-state index contributed by atoms with van der Waals surface area (Å²) in [5, 5.41) is 0.298. The van der Waals surface area contributed by atoms with Crippen LogP contribution in [0.15, 0.2) is 9.59 Å². The van der Waals surface area contributed by atoms with Gasteiger partial charge in [-0.15, -0.1) is 0 Å². The highest BCUT2D eigenvalue weighted by atomic mass is 19.4. The third-order valence-electron chi connectivity index (χ3n) is 6.66. The molecule has 1 saturated heterocycles. The van der Waals surface area contributed by atoms with E-state index in [0.717, 1.165) is 12.8 Å². The maximum Gasteiger partial charge on any atom is 0.389 e. The van der Waals surface area contributed by atoms with Gasteiger partial charge in [0.2, 0.25) is 0 Å². The van der Waals surface area contributed by atoms with Crippen LogP contribution in [0.25, 0.3) is 11.3 Å². The van der Waals surface area contributed by atoms with Crippen LogP contribution in [0.2, 0.25) is 0 Å². The predicted octanol–water partition coefficient (Wildman–Crippen LogP) is -0.0239. The molecular formula is C20H26F4N4O3. The van der Waals surface area contributed by atoms with Crippen LogP contribution >= 0.6 is 0 Å². The summed E-state index contributed by atoms with van der Waals surface area (Å²) in [5.41, 5.74) is 4.87. The number of fused-ring (bicyclic) bond motifs is 1. The summed E-state index contributed by atoms with van der Waals surface area (Å²) in [7, 11) is 1.24. The first-order valence-corrected chi connectivity index (χ1v) is 10.4. The summed E-state index contributed by atoms with van der Waals surface area (Å²) in [4.78, 5) is 29.0. The highest BCUT2D eigenvalue weighted by Gasteiger charge is 2.46. The minimum Gasteiger partial charge on any atom is -0.497 e. The normalized spacial score (nSPS) is 29.4. The number of aromatic nitrogens is 2. The van der Waals surface area contributed by atoms with Gasteiger partial charge in [0.1, 0.15) is 11.0 Å². The first-order chi connectivity index (χ1) is 14.6. The molecule has 172 valence electrons. The maximum atomic E-state index is 15.7. The number of H-pyrrole nitrogens is 1. The quantitative estimate of drug-likeness (QED) is 0.620. The lowest BCUT2D eigenvalue weighted by molar-refractivity contribution is -0.146. The van der Waals surface area contributed by atoms with Gasteiger partial charge in [-0.1, -0.05) is 0 Å². The number of rotatable bonds is 5. The zero-order valence-electron chi connectivity index (χ0n) is 17.3. The van der Waals surface area contributed by atoms with Gasteiger partial charge in [0.05, 0.1) is 18.5 Å². The Morgan fingerprint density at radius 1 is 1.19 bits per heavy atom. The summed E-state index contributed by atoms with van der Waals surface area (Å²) in [6.07, 6.45) is -5.58. The number of hydrogen-bond donors (Lipinski definition) is 2. The van der Waals surface area contributed by atoms with E-state index in [1.807, 2.05) is 0 Å². The van der Waals surface area contributed by atoms with Gasteiger partial charge < -0.3 is 10.5 Å². The number of alkyl halides is 4. The average Bonchev–Trinajstić information content (AvgIpc) is 3.43. The van der Waals surface area contributed by atoms with Crippen LogP contribution in [-0.2, 0) is 4.74 Å². The molecule has 3 N–H and O–H groups in total. The van der Waals surface area contributed by atoms with Crippen LogP contribution in [0.3, 0.4) is 0 Å². The number of aromatic amines is 1. The summed E-state index contributed by atoms with van der Waals surface area (Å²) in [5.74, 6) is -1.38. The van der Waals surface area contributed by atoms with Gasteiger partial charge in [0, 0.05) is 25.6 Å². The highest BCUT2D eigenvalue weighted by molar-refractivity contribution is 5.60. The van der Waals surface area contributed by atoms with Crippen molar-refractivity contribution in [3.8, 4) is 0 Å². The monoisotopic (exact) mass is 446 g/mol. The molecule has 0 spiro atoms. The van der Waals surface area contributed by atoms with E-state index in [1.54, 1.807) is 11.8 Å². The molecule has 1 saturated carbocycles. The van der Waals surface area contributed by atoms with Crippen molar-refractivity contribution in [3.05, 3.63) is 31.4 Å². The van der Waals surface area contributed by atoms with Crippen LogP contribution in [0.1, 0.15) is 32.2 Å². The summed E-state index contributed by atoms with van der Waals surface area (Å²) >= 11 is 0. The van der Waals surface area contributed by atoms with Crippen LogP contribution in [0.4, 0.5) is 17.6 Å². The second-order valence-corrected chi connectivity index (χ2v) is 8.71. The van der Waals surface area contributed by atoms with Crippen LogP contribution < -0.4 is 27.6 Å². The Hall–Kier alpha value is -2.14. The third-order valence-corrected chi connectivity index (χ3v) is 6.66. The Balaban J connectivity index is 1.86. The van der Waals surface area contributed by atoms with Gasteiger partial charge in [0.25, 0.3) is 5.56 Å². The average molecular weight is 446 g/mol. The summed E-state index contributed by atoms with van der Waals surface area (Å²) in [6.45, 7) is 1.91. The molecule has 1 aromatic heterocycles. The number of halogens is 4. The molecule has 2 heterocycles. The van der Waals surface area contributed by atoms with E-state index in [2.05, 4.69) is 4.98 Å². The Labute approximate surface area is 175 Å². The molecule has 0 amide bonds. The number of ether oxygens (including phenoxy) is 1. The molecule has 4 unspecified atom stereocenters. The molecule has 2 fully saturated rings. The Morgan fingerprint density at radius 3 is 2.39 bits per heavy atom. The number of nitrogens with two attached hydrogens (primary N) is 1. The standard InChI is InChI=1S/C20H26F4N4O3/c1-9-15-13(18(29)26-19(30)28(15)12-3-4-12)17(31-2)14(21)16(9)27-7-10(5-20(22,23)24)11(6-25)8-27/h10-12,14,16H,3-8,25H2,1-2H3,(H,26,29,30). The van der Waals surface area contributed by atoms with Gasteiger partial charge in [-0.25, -0.2) is 9.18 Å². The molecule has 0 aromatic carbocycles. The van der Waals surface area contributed by atoms with E-state index in [0.29, 0.717) is 10.9 Å². The van der Waals surface area contributed by atoms with Crippen LogP contribution in [-0.4, -0.2) is 59.6 Å². The summed E-state index contributed by atoms with van der Waals surface area (Å²) < 4.78 is 61.6. The fraction of sp³-hybridized carbons (Fsp3) is 0.700. The van der Waals surface area contributed by atoms with Crippen molar-refractivity contribution in [1.82, 2.24) is 14.5 Å². The van der Waals surface area contributed by atoms with E-state index in [9.17, 15) is 22.8 Å². The second-order valence-electron chi connectivity index (χ2n) is 8.71. The SMILES string of the molecule is COC1=c2c(=O)[nH]c(=O)n(C3CC3)c2=C(C)C(N2CC(CN)C(CC(F)(F)F)C2)C1F. The predicted molar refractivity (Wildman–Crippen MR) is 105 cm³/mol. The van der Waals surface area contributed by atoms with Gasteiger partial charge in [-0.3, -0.25) is 19.2 Å². The van der Waals surface area contributed by atoms with E-state index >= 15 is 4.39 Å². The Morgan fingerprint density at radius 2 is 1.84 bits per heavy atom. The van der Waals surface area contributed by atoms with Gasteiger partial charge in [0.15, 0.2) is 6.17 Å². The number of likely N-dealkylation sites (tertiary alicyclic amines) is 1. The number of methoxy groups -OCH3 is 1. The molecule has 0 bridgehead atoms. The molecule has 3 aliphatic rings. The molecule has 1 aromatic rings. The van der Waals surface area contributed by atoms with Crippen molar-refractivity contribution in [3.63, 3.8) is 0 Å². The number of nitrogens with one attached hydrogen (secondary N) is 1. The smallest absolute Gasteiger partial charge is 0.389 e. The maximum absolute atomic E-state index is 15.7. The first-order valence-electron chi connectivity index (χ1n) is 10.4. The second kappa shape index (κ2) is 7.77. The molecule has 4 rings (SSSR count). The topological polar surface area (TPSA) is 93.3 Å². The molecule has 0 radical (unpaired) electrons. The molecule has 31 heavy (non-hydrogen) atoms. The molecular weight excluding hydrogens is 420 g/mol. The van der Waals surface area contributed by atoms with Crippen molar-refractivity contribution >= 4 is 11.3 Å². The van der Waals surface area contributed by atoms with Crippen molar-refractivity contribution in [2.45, 2.75) is 50.6 Å². The fourth-order valence-electron chi connectivity index (χ4n) is 5.16. The molecule has 2 aliphatic carbocycles. The van der Waals surface area contributed by atoms with Gasteiger partial charge >= 0.3 is 11.9 Å². The Kier molecular flexibility index (Phi) is 5.53. The van der Waals surface area contributed by atoms with Crippen molar-refractivity contribution in [2.24, 2.45) is 17.6 Å². The van der Waals surface area contributed by atoms with E-state index in [4.69, 9.17) is 10.5 Å². The number of nitrogens with zero attached hydrogens (tertiary/aromatic N) is 2. The van der Waals surface area contributed by atoms with E-state index < -0.39 is 47.9 Å². The summed E-state index contributed by atoms with van der Waals surface area (Å²) in [6, 6.07) is -1.04. The van der Waals surface area contributed by atoms with Crippen molar-refractivity contribution in [2.75, 3.05) is 26.7 Å². The zero-order chi connectivity index (χ0) is 22.7. The van der Waals surface area contributed by atoms with Crippen LogP contribution in [0.5, 0.6) is 0 Å². The van der Waals surface area contributed by atoms with Crippen LogP contribution in [0, 0.1) is 11.8 Å². The molecule has 11 heteroatoms. The highest BCUT2D eigenvalue weighted by Crippen LogP contribution is 2.38. The van der Waals surface area contributed by atoms with E-state index in [1.165, 1.54) is 11.7 Å². The molecule has 1 aliphatic heterocycles. The zero-order valence-corrected chi connectivity index (χ0v) is 17.3. The van der Waals surface area contributed by atoms with Gasteiger partial charge in [-0.05, 0) is 43.7 Å². The van der Waals surface area contributed by atoms with Crippen molar-refractivity contribution in [1.29, 1.82) is 0 Å². The lowest BCUT2D eigenvalue weighted by Crippen LogP contribution is -2.61. The van der Waals surface area contributed by atoms with Gasteiger partial charge in [-0.2, -0.15) is 13.2 Å². The largest absolute Gasteiger partial charge is 0.497 e. The lowest BCUT2D eigenvalue weighted by Gasteiger charge is -2.34. The minimum absolute atomic E-state index is 0.0170. The first kappa shape index (κ1) is 22.1. The fourth-order valence-corrected chi connectivity index (χ4v) is 5.16. The van der Waals surface area contributed by atoms with Crippen molar-refractivity contribution < 1.29 is 22.3 Å². The molecule has 4 atom stereocenters. The number of hydrogen-bond acceptors (Lipinski definition) is 5. The lowest BCUT2D eigenvalue weighted by atomic mass is 9.93. The minimum atomic E-state index is -4.34. The van der Waals surface area contributed by atoms with E-state index in [-0.39, 0.29) is 36.7 Å².